The molecule has 1 radical (unpaired) electrons. The van der Waals surface area contributed by atoms with Crippen LogP contribution in [0.1, 0.15) is 27.2 Å². The minimum absolute atomic E-state index is 0.0370. The maximum Gasteiger partial charge on any atom is 0.410 e. The first-order chi connectivity index (χ1) is 8.94. The summed E-state index contributed by atoms with van der Waals surface area (Å²) in [5, 5.41) is 0. The highest BCUT2D eigenvalue weighted by molar-refractivity contribution is 5.68. The van der Waals surface area contributed by atoms with Crippen molar-refractivity contribution in [1.29, 1.82) is 0 Å². The third-order valence-corrected chi connectivity index (χ3v) is 2.79. The van der Waals surface area contributed by atoms with Crippen LogP contribution in [0.25, 0.3) is 0 Å². The number of carbonyl (C=O) groups is 1. The van der Waals surface area contributed by atoms with Gasteiger partial charge < -0.3 is 14.4 Å². The summed E-state index contributed by atoms with van der Waals surface area (Å²) in [4.78, 5) is 13.6. The monoisotopic (exact) mass is 262 g/mol. The fraction of sp³-hybridized carbons (Fsp3) is 0.533. The molecule has 1 fully saturated rings. The molecule has 1 aromatic rings. The number of carbonyl (C=O) groups excluding carboxylic acids is 1. The van der Waals surface area contributed by atoms with Gasteiger partial charge in [-0.25, -0.2) is 4.79 Å². The first-order valence-corrected chi connectivity index (χ1v) is 6.55. The molecular formula is C15H20NO3. The van der Waals surface area contributed by atoms with E-state index in [2.05, 4.69) is 6.07 Å². The Labute approximate surface area is 114 Å². The van der Waals surface area contributed by atoms with E-state index in [1.165, 1.54) is 0 Å². The minimum atomic E-state index is -0.453. The summed E-state index contributed by atoms with van der Waals surface area (Å²) in [5.41, 5.74) is -0.453. The highest BCUT2D eigenvalue weighted by Gasteiger charge is 2.30. The van der Waals surface area contributed by atoms with E-state index in [4.69, 9.17) is 9.47 Å². The number of nitrogens with zero attached hydrogens (tertiary/aromatic N) is 1. The van der Waals surface area contributed by atoms with Gasteiger partial charge in [0.25, 0.3) is 0 Å². The summed E-state index contributed by atoms with van der Waals surface area (Å²) in [7, 11) is 0. The second kappa shape index (κ2) is 5.51. The van der Waals surface area contributed by atoms with Gasteiger partial charge in [-0.15, -0.1) is 0 Å². The van der Waals surface area contributed by atoms with Crippen molar-refractivity contribution in [3.63, 3.8) is 0 Å². The van der Waals surface area contributed by atoms with Gasteiger partial charge in [-0.1, -0.05) is 12.1 Å². The lowest BCUT2D eigenvalue weighted by molar-refractivity contribution is 0.0275. The highest BCUT2D eigenvalue weighted by atomic mass is 16.6. The van der Waals surface area contributed by atoms with Crippen LogP contribution in [0.5, 0.6) is 5.75 Å². The van der Waals surface area contributed by atoms with Crippen LogP contribution in [0, 0.1) is 6.07 Å². The average molecular weight is 262 g/mol. The van der Waals surface area contributed by atoms with Crippen molar-refractivity contribution in [3.8, 4) is 5.75 Å². The standard InChI is InChI=1S/C15H20NO3/c1-15(2,3)19-14(17)16-10-9-13(11-16)18-12-7-5-4-6-8-12/h5-8,13H,9-11H2,1-3H3/t13-/m0/s1. The van der Waals surface area contributed by atoms with E-state index in [0.717, 1.165) is 12.2 Å². The van der Waals surface area contributed by atoms with Gasteiger partial charge in [0, 0.05) is 13.0 Å². The molecule has 1 saturated heterocycles. The van der Waals surface area contributed by atoms with Gasteiger partial charge >= 0.3 is 6.09 Å². The SMILES string of the molecule is CC(C)(C)OC(=O)N1CC[C@H](Oc2cc[c]cc2)C1. The Balaban J connectivity index is 1.85. The van der Waals surface area contributed by atoms with Crippen LogP contribution < -0.4 is 4.74 Å². The molecule has 0 bridgehead atoms. The molecule has 0 aliphatic carbocycles. The fourth-order valence-corrected chi connectivity index (χ4v) is 1.96. The largest absolute Gasteiger partial charge is 0.489 e. The predicted molar refractivity (Wildman–Crippen MR) is 72.1 cm³/mol. The molecule has 0 N–H and O–H groups in total. The maximum absolute atomic E-state index is 11.9. The molecule has 1 heterocycles. The van der Waals surface area contributed by atoms with Crippen LogP contribution in [-0.2, 0) is 4.74 Å². The average Bonchev–Trinajstić information content (AvgIpc) is 2.77. The molecule has 19 heavy (non-hydrogen) atoms. The molecule has 2 rings (SSSR count). The van der Waals surface area contributed by atoms with Crippen molar-refractivity contribution in [1.82, 2.24) is 4.90 Å². The van der Waals surface area contributed by atoms with Crippen LogP contribution in [0.15, 0.2) is 24.3 Å². The van der Waals surface area contributed by atoms with Crippen LogP contribution in [-0.4, -0.2) is 35.8 Å². The zero-order chi connectivity index (χ0) is 13.9. The number of hydrogen-bond acceptors (Lipinski definition) is 3. The van der Waals surface area contributed by atoms with Gasteiger partial charge in [0.15, 0.2) is 0 Å². The molecule has 0 aromatic heterocycles. The number of hydrogen-bond donors (Lipinski definition) is 0. The first kappa shape index (κ1) is 13.7. The summed E-state index contributed by atoms with van der Waals surface area (Å²) < 4.78 is 11.2. The van der Waals surface area contributed by atoms with Crippen LogP contribution in [0.3, 0.4) is 0 Å². The van der Waals surface area contributed by atoms with Crippen molar-refractivity contribution in [2.24, 2.45) is 0 Å². The zero-order valence-electron chi connectivity index (χ0n) is 11.7. The molecule has 0 saturated carbocycles. The third-order valence-electron chi connectivity index (χ3n) is 2.79. The lowest BCUT2D eigenvalue weighted by atomic mass is 10.2. The van der Waals surface area contributed by atoms with Crippen molar-refractivity contribution in [3.05, 3.63) is 30.3 Å². The van der Waals surface area contributed by atoms with Crippen LogP contribution >= 0.6 is 0 Å². The van der Waals surface area contributed by atoms with Crippen molar-refractivity contribution in [2.45, 2.75) is 38.9 Å². The Hall–Kier alpha value is -1.71. The number of amides is 1. The molecule has 4 nitrogen and oxygen atoms in total. The molecule has 1 aliphatic rings. The number of benzene rings is 1. The van der Waals surface area contributed by atoms with E-state index >= 15 is 0 Å². The van der Waals surface area contributed by atoms with Crippen LogP contribution in [0.4, 0.5) is 4.79 Å². The van der Waals surface area contributed by atoms with Gasteiger partial charge in [-0.2, -0.15) is 0 Å². The van der Waals surface area contributed by atoms with E-state index in [-0.39, 0.29) is 12.2 Å². The molecular weight excluding hydrogens is 242 g/mol. The van der Waals surface area contributed by atoms with Gasteiger partial charge in [0.1, 0.15) is 17.5 Å². The lowest BCUT2D eigenvalue weighted by Crippen LogP contribution is -2.36. The second-order valence-corrected chi connectivity index (χ2v) is 5.69. The minimum Gasteiger partial charge on any atom is -0.489 e. The van der Waals surface area contributed by atoms with Gasteiger partial charge in [0.2, 0.25) is 0 Å². The summed E-state index contributed by atoms with van der Waals surface area (Å²) in [6, 6.07) is 10.3. The molecule has 1 amide bonds. The number of rotatable bonds is 2. The summed E-state index contributed by atoms with van der Waals surface area (Å²) in [6.45, 7) is 6.87. The van der Waals surface area contributed by atoms with Crippen molar-refractivity contribution < 1.29 is 14.3 Å². The molecule has 1 aromatic carbocycles. The van der Waals surface area contributed by atoms with Crippen molar-refractivity contribution >= 4 is 6.09 Å². The van der Waals surface area contributed by atoms with E-state index in [1.807, 2.05) is 45.0 Å². The Morgan fingerprint density at radius 2 is 2.05 bits per heavy atom. The van der Waals surface area contributed by atoms with E-state index in [1.54, 1.807) is 4.90 Å². The quantitative estimate of drug-likeness (QED) is 0.822. The number of likely N-dealkylation sites (tertiary alicyclic amines) is 1. The summed E-state index contributed by atoms with van der Waals surface area (Å²) in [6.07, 6.45) is 0.604. The third kappa shape index (κ3) is 4.16. The van der Waals surface area contributed by atoms with Gasteiger partial charge in [-0.3, -0.25) is 0 Å². The number of ether oxygens (including phenoxy) is 2. The van der Waals surface area contributed by atoms with Gasteiger partial charge in [0.05, 0.1) is 6.54 Å². The Bertz CT molecular complexity index is 425. The predicted octanol–water partition coefficient (Wildman–Crippen LogP) is 2.87. The van der Waals surface area contributed by atoms with Crippen molar-refractivity contribution in [2.75, 3.05) is 13.1 Å². The smallest absolute Gasteiger partial charge is 0.410 e. The molecule has 1 atom stereocenters. The lowest BCUT2D eigenvalue weighted by Gasteiger charge is -2.24. The maximum atomic E-state index is 11.9. The molecule has 0 spiro atoms. The Morgan fingerprint density at radius 1 is 1.37 bits per heavy atom. The zero-order valence-corrected chi connectivity index (χ0v) is 11.7. The normalized spacial score (nSPS) is 19.3. The van der Waals surface area contributed by atoms with E-state index < -0.39 is 5.60 Å². The molecule has 4 heteroatoms. The topological polar surface area (TPSA) is 38.8 Å². The fourth-order valence-electron chi connectivity index (χ4n) is 1.96. The summed E-state index contributed by atoms with van der Waals surface area (Å²) >= 11 is 0. The summed E-state index contributed by atoms with van der Waals surface area (Å²) in [5.74, 6) is 0.815. The first-order valence-electron chi connectivity index (χ1n) is 6.55. The Morgan fingerprint density at radius 3 is 2.68 bits per heavy atom. The van der Waals surface area contributed by atoms with E-state index in [9.17, 15) is 4.79 Å². The highest BCUT2D eigenvalue weighted by Crippen LogP contribution is 2.19. The Kier molecular flexibility index (Phi) is 3.98. The second-order valence-electron chi connectivity index (χ2n) is 5.69. The molecule has 0 unspecified atom stereocenters. The van der Waals surface area contributed by atoms with E-state index in [0.29, 0.717) is 13.1 Å². The van der Waals surface area contributed by atoms with Crippen LogP contribution in [0.2, 0.25) is 0 Å². The van der Waals surface area contributed by atoms with Gasteiger partial charge in [-0.05, 0) is 39.0 Å². The molecule has 1 aliphatic heterocycles. The molecule has 103 valence electrons.